The van der Waals surface area contributed by atoms with E-state index in [1.54, 1.807) is 0 Å². The van der Waals surface area contributed by atoms with Gasteiger partial charge in [0.1, 0.15) is 0 Å². The van der Waals surface area contributed by atoms with Crippen molar-refractivity contribution in [2.24, 2.45) is 0 Å². The van der Waals surface area contributed by atoms with Crippen molar-refractivity contribution in [3.63, 3.8) is 0 Å². The van der Waals surface area contributed by atoms with Gasteiger partial charge in [0.05, 0.1) is 11.4 Å². The molecule has 0 aliphatic rings. The first-order valence-corrected chi connectivity index (χ1v) is 21.1. The lowest BCUT2D eigenvalue weighted by molar-refractivity contribution is 0.863. The van der Waals surface area contributed by atoms with E-state index < -0.39 is 0 Å². The van der Waals surface area contributed by atoms with Crippen molar-refractivity contribution in [1.29, 1.82) is 0 Å². The number of aromatic nitrogens is 4. The van der Waals surface area contributed by atoms with Crippen LogP contribution in [-0.2, 0) is 0 Å². The first-order chi connectivity index (χ1) is 29.1. The molecule has 0 saturated carbocycles. The van der Waals surface area contributed by atoms with Gasteiger partial charge in [-0.1, -0.05) is 177 Å². The zero-order valence-electron chi connectivity index (χ0n) is 36.6. The molecule has 304 valence electrons. The van der Waals surface area contributed by atoms with Crippen LogP contribution in [0.15, 0.2) is 195 Å². The van der Waals surface area contributed by atoms with Crippen molar-refractivity contribution in [3.05, 3.63) is 217 Å². The molecule has 0 spiro atoms. The Morgan fingerprint density at radius 3 is 0.933 bits per heavy atom. The normalized spacial score (nSPS) is 10.6. The largest absolute Gasteiger partial charge is 0.264 e. The lowest BCUT2D eigenvalue weighted by atomic mass is 9.95. The SMILES string of the molecule is CC(C)c1ccnc(-c2ccccc2)c1.CC(C)c1ccnc(-c2ccccc2)c1.CC(C)c1ccncc1-c1ccccc1.CC(C)c1ccncc1-c1ccccc1. The highest BCUT2D eigenvalue weighted by molar-refractivity contribution is 5.68. The van der Waals surface area contributed by atoms with Crippen LogP contribution in [0.2, 0.25) is 0 Å². The Hall–Kier alpha value is -6.52. The van der Waals surface area contributed by atoms with E-state index in [2.05, 4.69) is 185 Å². The van der Waals surface area contributed by atoms with E-state index in [0.29, 0.717) is 23.7 Å². The summed E-state index contributed by atoms with van der Waals surface area (Å²) in [7, 11) is 0. The third-order valence-electron chi connectivity index (χ3n) is 10.2. The fourth-order valence-corrected chi connectivity index (χ4v) is 6.68. The lowest BCUT2D eigenvalue weighted by Crippen LogP contribution is -1.92. The van der Waals surface area contributed by atoms with Gasteiger partial charge in [0, 0.05) is 59.4 Å². The molecule has 0 unspecified atom stereocenters. The molecule has 0 radical (unpaired) electrons. The number of pyridine rings is 4. The summed E-state index contributed by atoms with van der Waals surface area (Å²) in [5, 5.41) is 0. The van der Waals surface area contributed by atoms with Crippen molar-refractivity contribution in [1.82, 2.24) is 19.9 Å². The lowest BCUT2D eigenvalue weighted by Gasteiger charge is -2.11. The molecular formula is C56H60N4. The van der Waals surface area contributed by atoms with E-state index in [4.69, 9.17) is 0 Å². The van der Waals surface area contributed by atoms with Crippen molar-refractivity contribution >= 4 is 0 Å². The number of hydrogen-bond acceptors (Lipinski definition) is 4. The Balaban J connectivity index is 0.000000152. The molecule has 0 aliphatic carbocycles. The molecule has 0 atom stereocenters. The Bertz CT molecular complexity index is 2250. The predicted molar refractivity (Wildman–Crippen MR) is 255 cm³/mol. The van der Waals surface area contributed by atoms with Crippen molar-refractivity contribution < 1.29 is 0 Å². The third kappa shape index (κ3) is 13.3. The summed E-state index contributed by atoms with van der Waals surface area (Å²) in [6.07, 6.45) is 11.4. The molecule has 4 heterocycles. The molecule has 0 amide bonds. The Morgan fingerprint density at radius 2 is 0.633 bits per heavy atom. The monoisotopic (exact) mass is 788 g/mol. The van der Waals surface area contributed by atoms with Gasteiger partial charge in [0.25, 0.3) is 0 Å². The molecular weight excluding hydrogens is 729 g/mol. The van der Waals surface area contributed by atoms with Gasteiger partial charge in [-0.25, -0.2) is 0 Å². The number of hydrogen-bond donors (Lipinski definition) is 0. The highest BCUT2D eigenvalue weighted by Crippen LogP contribution is 2.29. The van der Waals surface area contributed by atoms with Gasteiger partial charge in [-0.2, -0.15) is 0 Å². The Labute approximate surface area is 359 Å². The topological polar surface area (TPSA) is 51.6 Å². The first kappa shape index (κ1) is 44.6. The molecule has 8 aromatic rings. The zero-order chi connectivity index (χ0) is 42.7. The van der Waals surface area contributed by atoms with Gasteiger partial charge in [-0.15, -0.1) is 0 Å². The summed E-state index contributed by atoms with van der Waals surface area (Å²) < 4.78 is 0. The molecule has 4 aromatic heterocycles. The Morgan fingerprint density at radius 1 is 0.317 bits per heavy atom. The van der Waals surface area contributed by atoms with Gasteiger partial charge in [-0.3, -0.25) is 19.9 Å². The second kappa shape index (κ2) is 23.2. The maximum Gasteiger partial charge on any atom is 0.0704 e. The van der Waals surface area contributed by atoms with Gasteiger partial charge in [0.2, 0.25) is 0 Å². The molecule has 4 nitrogen and oxygen atoms in total. The van der Waals surface area contributed by atoms with Crippen LogP contribution < -0.4 is 0 Å². The second-order valence-electron chi connectivity index (χ2n) is 16.0. The van der Waals surface area contributed by atoms with Gasteiger partial charge < -0.3 is 0 Å². The minimum Gasteiger partial charge on any atom is -0.264 e. The number of nitrogens with zero attached hydrogens (tertiary/aromatic N) is 4. The zero-order valence-corrected chi connectivity index (χ0v) is 36.6. The fraction of sp³-hybridized carbons (Fsp3) is 0.214. The van der Waals surface area contributed by atoms with Crippen LogP contribution in [0.3, 0.4) is 0 Å². The third-order valence-corrected chi connectivity index (χ3v) is 10.2. The molecule has 0 fully saturated rings. The summed E-state index contributed by atoms with van der Waals surface area (Å²) >= 11 is 0. The van der Waals surface area contributed by atoms with E-state index in [9.17, 15) is 0 Å². The number of rotatable bonds is 8. The van der Waals surface area contributed by atoms with E-state index in [1.165, 1.54) is 55.6 Å². The quantitative estimate of drug-likeness (QED) is 0.154. The van der Waals surface area contributed by atoms with Crippen LogP contribution in [-0.4, -0.2) is 19.9 Å². The van der Waals surface area contributed by atoms with Crippen LogP contribution in [0.4, 0.5) is 0 Å². The average molecular weight is 789 g/mol. The summed E-state index contributed by atoms with van der Waals surface area (Å²) in [5.41, 5.74) is 14.8. The van der Waals surface area contributed by atoms with Crippen molar-refractivity contribution in [2.45, 2.75) is 79.1 Å². The highest BCUT2D eigenvalue weighted by Gasteiger charge is 2.09. The Kier molecular flexibility index (Phi) is 17.2. The molecule has 60 heavy (non-hydrogen) atoms. The summed E-state index contributed by atoms with van der Waals surface area (Å²) in [6.45, 7) is 17.6. The van der Waals surface area contributed by atoms with Crippen LogP contribution >= 0.6 is 0 Å². The molecule has 0 N–H and O–H groups in total. The van der Waals surface area contributed by atoms with E-state index >= 15 is 0 Å². The molecule has 0 bridgehead atoms. The van der Waals surface area contributed by atoms with Gasteiger partial charge >= 0.3 is 0 Å². The second-order valence-corrected chi connectivity index (χ2v) is 16.0. The fourth-order valence-electron chi connectivity index (χ4n) is 6.68. The van der Waals surface area contributed by atoms with Gasteiger partial charge in [-0.05, 0) is 93.5 Å². The van der Waals surface area contributed by atoms with Crippen LogP contribution in [0.25, 0.3) is 44.8 Å². The van der Waals surface area contributed by atoms with E-state index in [0.717, 1.165) is 11.4 Å². The minimum atomic E-state index is 0.531. The minimum absolute atomic E-state index is 0.531. The molecule has 4 aromatic carbocycles. The van der Waals surface area contributed by atoms with Crippen LogP contribution in [0.5, 0.6) is 0 Å². The molecule has 4 heteroatoms. The highest BCUT2D eigenvalue weighted by atomic mass is 14.7. The van der Waals surface area contributed by atoms with Crippen LogP contribution in [0.1, 0.15) is 101 Å². The van der Waals surface area contributed by atoms with Crippen molar-refractivity contribution in [2.75, 3.05) is 0 Å². The van der Waals surface area contributed by atoms with Crippen molar-refractivity contribution in [3.8, 4) is 44.8 Å². The molecule has 8 rings (SSSR count). The summed E-state index contributed by atoms with van der Waals surface area (Å²) in [4.78, 5) is 17.2. The molecule has 0 aliphatic heterocycles. The predicted octanol–water partition coefficient (Wildman–Crippen LogP) is 15.5. The maximum atomic E-state index is 4.39. The molecule has 0 saturated heterocycles. The number of benzene rings is 4. The smallest absolute Gasteiger partial charge is 0.0704 e. The van der Waals surface area contributed by atoms with E-state index in [1.807, 2.05) is 85.7 Å². The standard InChI is InChI=1S/4C14H15N/c2*1-11(2)13-8-9-15-10-14(13)12-6-4-3-5-7-12;2*1-11(2)13-8-9-15-14(10-13)12-6-4-3-5-7-12/h4*3-11H,1-2H3. The summed E-state index contributed by atoms with van der Waals surface area (Å²) in [5.74, 6) is 2.16. The summed E-state index contributed by atoms with van der Waals surface area (Å²) in [6, 6.07) is 54.1. The van der Waals surface area contributed by atoms with Gasteiger partial charge in [0.15, 0.2) is 0 Å². The van der Waals surface area contributed by atoms with Crippen LogP contribution in [0, 0.1) is 0 Å². The average Bonchev–Trinajstić information content (AvgIpc) is 3.31. The maximum absolute atomic E-state index is 4.39. The first-order valence-electron chi connectivity index (χ1n) is 21.1. The van der Waals surface area contributed by atoms with E-state index in [-0.39, 0.29) is 0 Å².